The van der Waals surface area contributed by atoms with Gasteiger partial charge in [0.05, 0.1) is 6.61 Å². The van der Waals surface area contributed by atoms with Crippen LogP contribution >= 0.6 is 0 Å². The highest BCUT2D eigenvalue weighted by Gasteiger charge is 2.30. The number of likely N-dealkylation sites (tertiary alicyclic amines) is 2. The van der Waals surface area contributed by atoms with Gasteiger partial charge in [-0.15, -0.1) is 0 Å². The second-order valence-corrected chi connectivity index (χ2v) is 6.89. The van der Waals surface area contributed by atoms with Crippen LogP contribution in [0.3, 0.4) is 0 Å². The Morgan fingerprint density at radius 2 is 1.88 bits per heavy atom. The molecule has 0 aliphatic carbocycles. The van der Waals surface area contributed by atoms with Crippen molar-refractivity contribution in [1.29, 1.82) is 0 Å². The van der Waals surface area contributed by atoms with E-state index in [9.17, 15) is 9.59 Å². The molecule has 7 nitrogen and oxygen atoms in total. The fourth-order valence-electron chi connectivity index (χ4n) is 3.56. The summed E-state index contributed by atoms with van der Waals surface area (Å²) in [6, 6.07) is 3.86. The van der Waals surface area contributed by atoms with Crippen LogP contribution in [0.25, 0.3) is 0 Å². The van der Waals surface area contributed by atoms with Gasteiger partial charge in [-0.1, -0.05) is 0 Å². The third-order valence-corrected chi connectivity index (χ3v) is 5.07. The maximum Gasteiger partial charge on any atom is 0.319 e. The number of rotatable bonds is 5. The van der Waals surface area contributed by atoms with Gasteiger partial charge in [0.15, 0.2) is 0 Å². The minimum absolute atomic E-state index is 0.0224. The normalized spacial score (nSPS) is 18.0. The summed E-state index contributed by atoms with van der Waals surface area (Å²) in [5.41, 5.74) is 0.971. The number of hydrogen-bond donors (Lipinski definition) is 1. The Bertz CT molecular complexity index is 623. The zero-order chi connectivity index (χ0) is 18.4. The van der Waals surface area contributed by atoms with E-state index in [2.05, 4.69) is 10.3 Å². The fourth-order valence-corrected chi connectivity index (χ4v) is 3.56. The van der Waals surface area contributed by atoms with Crippen LogP contribution in [0.1, 0.15) is 38.2 Å². The monoisotopic (exact) mass is 360 g/mol. The molecule has 0 radical (unpaired) electrons. The molecule has 26 heavy (non-hydrogen) atoms. The number of piperidine rings is 1. The van der Waals surface area contributed by atoms with Crippen LogP contribution in [-0.4, -0.2) is 59.5 Å². The molecular formula is C19H28N4O3. The molecule has 3 amide bonds. The third kappa shape index (κ3) is 4.65. The first-order valence-electron chi connectivity index (χ1n) is 9.56. The molecule has 0 atom stereocenters. The average Bonchev–Trinajstić information content (AvgIpc) is 3.21. The summed E-state index contributed by atoms with van der Waals surface area (Å²) in [5, 5.41) is 3.00. The van der Waals surface area contributed by atoms with E-state index < -0.39 is 0 Å². The largest absolute Gasteiger partial charge is 0.478 e. The first-order chi connectivity index (χ1) is 12.7. The van der Waals surface area contributed by atoms with Crippen molar-refractivity contribution in [2.75, 3.05) is 32.8 Å². The Morgan fingerprint density at radius 3 is 2.58 bits per heavy atom. The van der Waals surface area contributed by atoms with Gasteiger partial charge in [-0.05, 0) is 44.2 Å². The number of urea groups is 1. The van der Waals surface area contributed by atoms with E-state index >= 15 is 0 Å². The molecule has 2 saturated heterocycles. The van der Waals surface area contributed by atoms with Gasteiger partial charge in [-0.25, -0.2) is 9.78 Å². The molecule has 1 N–H and O–H groups in total. The quantitative estimate of drug-likeness (QED) is 0.872. The lowest BCUT2D eigenvalue weighted by Gasteiger charge is -2.34. The van der Waals surface area contributed by atoms with E-state index in [0.29, 0.717) is 32.1 Å². The van der Waals surface area contributed by atoms with Gasteiger partial charge in [-0.2, -0.15) is 0 Å². The molecule has 142 valence electrons. The molecule has 0 unspecified atom stereocenters. The first kappa shape index (κ1) is 18.5. The van der Waals surface area contributed by atoms with E-state index in [4.69, 9.17) is 4.74 Å². The molecule has 0 bridgehead atoms. The van der Waals surface area contributed by atoms with Gasteiger partial charge < -0.3 is 19.9 Å². The molecule has 2 fully saturated rings. The number of carbonyl (C=O) groups is 2. The maximum absolute atomic E-state index is 12.4. The number of nitrogens with zero attached hydrogens (tertiary/aromatic N) is 3. The summed E-state index contributed by atoms with van der Waals surface area (Å²) in [7, 11) is 0. The van der Waals surface area contributed by atoms with Gasteiger partial charge in [0, 0.05) is 50.9 Å². The van der Waals surface area contributed by atoms with Crippen molar-refractivity contribution in [1.82, 2.24) is 20.1 Å². The zero-order valence-corrected chi connectivity index (χ0v) is 15.4. The summed E-state index contributed by atoms with van der Waals surface area (Å²) in [5.74, 6) is 0.617. The number of pyridine rings is 1. The second kappa shape index (κ2) is 8.87. The van der Waals surface area contributed by atoms with Crippen LogP contribution in [0.2, 0.25) is 0 Å². The van der Waals surface area contributed by atoms with Crippen molar-refractivity contribution in [2.24, 2.45) is 5.92 Å². The number of nitrogens with one attached hydrogen (secondary N) is 1. The third-order valence-electron chi connectivity index (χ3n) is 5.07. The molecular weight excluding hydrogens is 332 g/mol. The first-order valence-corrected chi connectivity index (χ1v) is 9.56. The SMILES string of the molecule is CCOc1cc(CNC(=O)C2CCN(C(=O)N3CCCC3)CC2)ccn1. The molecule has 0 saturated carbocycles. The Hall–Kier alpha value is -2.31. The molecule has 2 aliphatic rings. The summed E-state index contributed by atoms with van der Waals surface area (Å²) in [6.45, 7) is 6.01. The van der Waals surface area contributed by atoms with Crippen molar-refractivity contribution in [2.45, 2.75) is 39.2 Å². The Balaban J connectivity index is 1.43. The standard InChI is InChI=1S/C19H28N4O3/c1-2-26-17-13-15(5-8-20-17)14-21-18(24)16-6-11-23(12-7-16)19(25)22-9-3-4-10-22/h5,8,13,16H,2-4,6-7,9-12,14H2,1H3,(H,21,24). The van der Waals surface area contributed by atoms with Gasteiger partial charge in [0.25, 0.3) is 0 Å². The molecule has 3 rings (SSSR count). The van der Waals surface area contributed by atoms with Gasteiger partial charge in [0.1, 0.15) is 0 Å². The number of carbonyl (C=O) groups excluding carboxylic acids is 2. The Morgan fingerprint density at radius 1 is 1.19 bits per heavy atom. The van der Waals surface area contributed by atoms with Crippen molar-refractivity contribution in [3.63, 3.8) is 0 Å². The molecule has 1 aromatic heterocycles. The molecule has 3 heterocycles. The van der Waals surface area contributed by atoms with Crippen molar-refractivity contribution >= 4 is 11.9 Å². The predicted octanol–water partition coefficient (Wildman–Crippen LogP) is 2.02. The minimum atomic E-state index is -0.0224. The summed E-state index contributed by atoms with van der Waals surface area (Å²) < 4.78 is 5.38. The van der Waals surface area contributed by atoms with E-state index in [1.807, 2.05) is 28.9 Å². The highest BCUT2D eigenvalue weighted by molar-refractivity contribution is 5.79. The van der Waals surface area contributed by atoms with Crippen LogP contribution in [0.5, 0.6) is 5.88 Å². The van der Waals surface area contributed by atoms with Crippen LogP contribution < -0.4 is 10.1 Å². The molecule has 0 aromatic carbocycles. The summed E-state index contributed by atoms with van der Waals surface area (Å²) in [4.78, 5) is 32.8. The number of ether oxygens (including phenoxy) is 1. The van der Waals surface area contributed by atoms with E-state index in [1.54, 1.807) is 6.20 Å². The number of aromatic nitrogens is 1. The van der Waals surface area contributed by atoms with E-state index in [1.165, 1.54) is 0 Å². The van der Waals surface area contributed by atoms with Crippen molar-refractivity contribution < 1.29 is 14.3 Å². The second-order valence-electron chi connectivity index (χ2n) is 6.89. The van der Waals surface area contributed by atoms with Crippen LogP contribution in [0.4, 0.5) is 4.79 Å². The summed E-state index contributed by atoms with van der Waals surface area (Å²) >= 11 is 0. The lowest BCUT2D eigenvalue weighted by atomic mass is 9.96. The lowest BCUT2D eigenvalue weighted by molar-refractivity contribution is -0.126. The van der Waals surface area contributed by atoms with Crippen molar-refractivity contribution in [3.05, 3.63) is 23.9 Å². The van der Waals surface area contributed by atoms with Gasteiger partial charge in [0.2, 0.25) is 11.8 Å². The average molecular weight is 360 g/mol. The highest BCUT2D eigenvalue weighted by atomic mass is 16.5. The van der Waals surface area contributed by atoms with Gasteiger partial charge in [-0.3, -0.25) is 4.79 Å². The number of amides is 3. The van der Waals surface area contributed by atoms with E-state index in [-0.39, 0.29) is 17.9 Å². The minimum Gasteiger partial charge on any atom is -0.478 e. The predicted molar refractivity (Wildman–Crippen MR) is 97.8 cm³/mol. The Kier molecular flexibility index (Phi) is 6.30. The van der Waals surface area contributed by atoms with Crippen LogP contribution in [0.15, 0.2) is 18.3 Å². The topological polar surface area (TPSA) is 74.8 Å². The van der Waals surface area contributed by atoms with E-state index in [0.717, 1.165) is 44.3 Å². The molecule has 1 aromatic rings. The fraction of sp³-hybridized carbons (Fsp3) is 0.632. The van der Waals surface area contributed by atoms with Crippen LogP contribution in [-0.2, 0) is 11.3 Å². The zero-order valence-electron chi connectivity index (χ0n) is 15.4. The maximum atomic E-state index is 12.4. The highest BCUT2D eigenvalue weighted by Crippen LogP contribution is 2.20. The Labute approximate surface area is 154 Å². The molecule has 2 aliphatic heterocycles. The molecule has 0 spiro atoms. The summed E-state index contributed by atoms with van der Waals surface area (Å²) in [6.07, 6.45) is 5.35. The van der Waals surface area contributed by atoms with Crippen molar-refractivity contribution in [3.8, 4) is 5.88 Å². The smallest absolute Gasteiger partial charge is 0.319 e. The van der Waals surface area contributed by atoms with Crippen LogP contribution in [0, 0.1) is 5.92 Å². The molecule has 7 heteroatoms. The number of hydrogen-bond acceptors (Lipinski definition) is 4. The van der Waals surface area contributed by atoms with Gasteiger partial charge >= 0.3 is 6.03 Å². The lowest BCUT2D eigenvalue weighted by Crippen LogP contribution is -2.47.